The fourth-order valence-corrected chi connectivity index (χ4v) is 4.59. The van der Waals surface area contributed by atoms with E-state index in [0.29, 0.717) is 40.2 Å². The minimum Gasteiger partial charge on any atom is -0.438 e. The topological polar surface area (TPSA) is 73.1 Å². The van der Waals surface area contributed by atoms with Crippen LogP contribution in [0.3, 0.4) is 0 Å². The molecule has 3 aromatic rings. The largest absolute Gasteiger partial charge is 0.438 e. The van der Waals surface area contributed by atoms with Crippen LogP contribution < -0.4 is 10.3 Å². The maximum atomic E-state index is 13.4. The number of aryl methyl sites for hydroxylation is 1. The quantitative estimate of drug-likeness (QED) is 0.283. The van der Waals surface area contributed by atoms with Gasteiger partial charge in [-0.1, -0.05) is 30.0 Å². The molecule has 4 rings (SSSR count). The van der Waals surface area contributed by atoms with E-state index in [1.807, 2.05) is 13.0 Å². The van der Waals surface area contributed by atoms with Crippen molar-refractivity contribution in [2.24, 2.45) is 0 Å². The molecule has 1 aliphatic rings. The van der Waals surface area contributed by atoms with Gasteiger partial charge in [-0.2, -0.15) is 4.98 Å². The summed E-state index contributed by atoms with van der Waals surface area (Å²) in [7, 11) is 1.59. The number of nitrogens with zero attached hydrogens (tertiary/aromatic N) is 3. The summed E-state index contributed by atoms with van der Waals surface area (Å²) < 4.78 is 26.1. The minimum atomic E-state index is -0.415. The van der Waals surface area contributed by atoms with Gasteiger partial charge in [-0.15, -0.1) is 0 Å². The first kappa shape index (κ1) is 23.1. The molecule has 1 amide bonds. The molecular weight excluding hydrogens is 465 g/mol. The summed E-state index contributed by atoms with van der Waals surface area (Å²) in [5.41, 5.74) is 0.892. The standard InChI is InChI=1S/C23H20FN3O4S2/c1-14-5-3-10-26-19(14)25-20(31-16-8-6-15(24)7-9-16)17(21(26)28)13-18-22(29)27(23(32)33-18)11-4-12-30-2/h3,5-10,13H,4,11-12H2,1-2H3/b18-13-. The smallest absolute Gasteiger partial charge is 0.269 e. The molecule has 0 unspecified atom stereocenters. The van der Waals surface area contributed by atoms with Crippen molar-refractivity contribution >= 4 is 45.9 Å². The highest BCUT2D eigenvalue weighted by molar-refractivity contribution is 8.26. The number of fused-ring (bicyclic) bond motifs is 1. The highest BCUT2D eigenvalue weighted by atomic mass is 32.2. The summed E-state index contributed by atoms with van der Waals surface area (Å²) in [5.74, 6) is -0.377. The minimum absolute atomic E-state index is 0.0190. The fraction of sp³-hybridized carbons (Fsp3) is 0.217. The fourth-order valence-electron chi connectivity index (χ4n) is 3.30. The van der Waals surface area contributed by atoms with Crippen molar-refractivity contribution in [1.82, 2.24) is 14.3 Å². The zero-order valence-corrected chi connectivity index (χ0v) is 19.5. The zero-order valence-electron chi connectivity index (χ0n) is 17.9. The Kier molecular flexibility index (Phi) is 6.87. The molecule has 1 aromatic carbocycles. The average molecular weight is 486 g/mol. The van der Waals surface area contributed by atoms with Crippen LogP contribution in [0, 0.1) is 12.7 Å². The monoisotopic (exact) mass is 485 g/mol. The van der Waals surface area contributed by atoms with E-state index in [1.54, 1.807) is 19.4 Å². The molecule has 1 fully saturated rings. The number of pyridine rings is 1. The molecule has 7 nitrogen and oxygen atoms in total. The molecule has 0 atom stereocenters. The maximum absolute atomic E-state index is 13.4. The molecule has 0 saturated carbocycles. The summed E-state index contributed by atoms with van der Waals surface area (Å²) in [6.45, 7) is 2.75. The van der Waals surface area contributed by atoms with Crippen LogP contribution in [-0.4, -0.2) is 44.8 Å². The third kappa shape index (κ3) is 4.82. The highest BCUT2D eigenvalue weighted by Crippen LogP contribution is 2.34. The van der Waals surface area contributed by atoms with Crippen LogP contribution in [-0.2, 0) is 9.53 Å². The Bertz CT molecular complexity index is 1320. The van der Waals surface area contributed by atoms with Crippen LogP contribution in [0.25, 0.3) is 11.7 Å². The lowest BCUT2D eigenvalue weighted by molar-refractivity contribution is -0.122. The van der Waals surface area contributed by atoms with E-state index >= 15 is 0 Å². The van der Waals surface area contributed by atoms with Crippen molar-refractivity contribution in [3.8, 4) is 11.6 Å². The number of carbonyl (C=O) groups excluding carboxylic acids is 1. The number of aromatic nitrogens is 2. The first-order valence-corrected chi connectivity index (χ1v) is 11.3. The van der Waals surface area contributed by atoms with Crippen molar-refractivity contribution < 1.29 is 18.7 Å². The summed E-state index contributed by atoms with van der Waals surface area (Å²) in [4.78, 5) is 32.6. The predicted octanol–water partition coefficient (Wildman–Crippen LogP) is 4.17. The molecule has 1 saturated heterocycles. The second-order valence-electron chi connectivity index (χ2n) is 7.26. The molecule has 170 valence electrons. The Balaban J connectivity index is 1.79. The maximum Gasteiger partial charge on any atom is 0.269 e. The molecule has 0 aliphatic carbocycles. The van der Waals surface area contributed by atoms with Gasteiger partial charge in [-0.3, -0.25) is 18.9 Å². The normalized spacial score (nSPS) is 15.1. The van der Waals surface area contributed by atoms with E-state index in [0.717, 1.165) is 17.3 Å². The van der Waals surface area contributed by atoms with Crippen LogP contribution in [0.4, 0.5) is 4.39 Å². The van der Waals surface area contributed by atoms with Gasteiger partial charge in [0.2, 0.25) is 5.88 Å². The van der Waals surface area contributed by atoms with E-state index < -0.39 is 11.4 Å². The lowest BCUT2D eigenvalue weighted by Crippen LogP contribution is -2.29. The van der Waals surface area contributed by atoms with E-state index in [9.17, 15) is 14.0 Å². The second kappa shape index (κ2) is 9.82. The molecule has 1 aliphatic heterocycles. The molecule has 0 spiro atoms. The summed E-state index contributed by atoms with van der Waals surface area (Å²) in [6, 6.07) is 8.95. The predicted molar refractivity (Wildman–Crippen MR) is 129 cm³/mol. The van der Waals surface area contributed by atoms with Crippen LogP contribution in [0.15, 0.2) is 52.3 Å². The summed E-state index contributed by atoms with van der Waals surface area (Å²) >= 11 is 6.47. The summed E-state index contributed by atoms with van der Waals surface area (Å²) in [6.07, 6.45) is 3.69. The number of halogens is 1. The van der Waals surface area contributed by atoms with E-state index in [1.165, 1.54) is 39.6 Å². The van der Waals surface area contributed by atoms with Gasteiger partial charge in [-0.25, -0.2) is 4.39 Å². The first-order valence-electron chi connectivity index (χ1n) is 10.1. The van der Waals surface area contributed by atoms with E-state index in [-0.39, 0.29) is 17.4 Å². The Hall–Kier alpha value is -3.08. The van der Waals surface area contributed by atoms with Gasteiger partial charge in [0.1, 0.15) is 27.1 Å². The molecule has 0 radical (unpaired) electrons. The number of ether oxygens (including phenoxy) is 2. The van der Waals surface area contributed by atoms with E-state index in [4.69, 9.17) is 21.7 Å². The SMILES string of the molecule is COCCCN1C(=O)/C(=C/c2c(Oc3ccc(F)cc3)nc3c(C)cccn3c2=O)SC1=S. The van der Waals surface area contributed by atoms with Gasteiger partial charge in [0.15, 0.2) is 0 Å². The molecular formula is C23H20FN3O4S2. The van der Waals surface area contributed by atoms with Gasteiger partial charge in [0.05, 0.1) is 4.91 Å². The van der Waals surface area contributed by atoms with Crippen molar-refractivity contribution in [1.29, 1.82) is 0 Å². The molecule has 2 aromatic heterocycles. The number of amides is 1. The van der Waals surface area contributed by atoms with Gasteiger partial charge in [0.25, 0.3) is 11.5 Å². The number of carbonyl (C=O) groups is 1. The van der Waals surface area contributed by atoms with Gasteiger partial charge < -0.3 is 9.47 Å². The zero-order chi connectivity index (χ0) is 23.5. The van der Waals surface area contributed by atoms with Crippen molar-refractivity contribution in [2.45, 2.75) is 13.3 Å². The lowest BCUT2D eigenvalue weighted by Gasteiger charge is -2.13. The molecule has 3 heterocycles. The van der Waals surface area contributed by atoms with E-state index in [2.05, 4.69) is 4.98 Å². The molecule has 0 bridgehead atoms. The summed E-state index contributed by atoms with van der Waals surface area (Å²) in [5, 5.41) is 0. The third-order valence-corrected chi connectivity index (χ3v) is 6.33. The van der Waals surface area contributed by atoms with Crippen molar-refractivity contribution in [3.05, 3.63) is 74.8 Å². The molecule has 10 heteroatoms. The van der Waals surface area contributed by atoms with Crippen molar-refractivity contribution in [3.63, 3.8) is 0 Å². The Morgan fingerprint density at radius 3 is 2.70 bits per heavy atom. The van der Waals surface area contributed by atoms with Crippen LogP contribution in [0.5, 0.6) is 11.6 Å². The number of rotatable bonds is 7. The number of hydrogen-bond donors (Lipinski definition) is 0. The Labute approximate surface area is 198 Å². The average Bonchev–Trinajstić information content (AvgIpc) is 3.06. The molecule has 0 N–H and O–H groups in total. The molecule has 33 heavy (non-hydrogen) atoms. The Morgan fingerprint density at radius 2 is 1.97 bits per heavy atom. The third-order valence-electron chi connectivity index (χ3n) is 4.96. The van der Waals surface area contributed by atoms with Gasteiger partial charge in [-0.05, 0) is 55.3 Å². The van der Waals surface area contributed by atoms with Crippen LogP contribution in [0.1, 0.15) is 17.5 Å². The highest BCUT2D eigenvalue weighted by Gasteiger charge is 2.32. The van der Waals surface area contributed by atoms with Crippen LogP contribution >= 0.6 is 24.0 Å². The number of hydrogen-bond acceptors (Lipinski definition) is 7. The number of thiocarbonyl (C=S) groups is 1. The number of methoxy groups -OCH3 is 1. The number of benzene rings is 1. The first-order chi connectivity index (χ1) is 15.9. The number of thioether (sulfide) groups is 1. The van der Waals surface area contributed by atoms with Crippen molar-refractivity contribution in [2.75, 3.05) is 20.3 Å². The van der Waals surface area contributed by atoms with Crippen LogP contribution in [0.2, 0.25) is 0 Å². The lowest BCUT2D eigenvalue weighted by atomic mass is 10.2. The van der Waals surface area contributed by atoms with Gasteiger partial charge in [0, 0.05) is 26.5 Å². The Morgan fingerprint density at radius 1 is 1.21 bits per heavy atom. The second-order valence-corrected chi connectivity index (χ2v) is 8.93. The van der Waals surface area contributed by atoms with Gasteiger partial charge >= 0.3 is 0 Å².